The molecule has 0 spiro atoms. The van der Waals surface area contributed by atoms with Crippen molar-refractivity contribution in [1.29, 1.82) is 0 Å². The van der Waals surface area contributed by atoms with Crippen molar-refractivity contribution in [3.63, 3.8) is 0 Å². The van der Waals surface area contributed by atoms with E-state index in [2.05, 4.69) is 21.7 Å². The Morgan fingerprint density at radius 1 is 1.18 bits per heavy atom. The fourth-order valence-electron chi connectivity index (χ4n) is 3.29. The average molecular weight is 297 g/mol. The molecule has 2 aromatic rings. The molecule has 1 saturated heterocycles. The number of morpholine rings is 1. The van der Waals surface area contributed by atoms with E-state index in [-0.39, 0.29) is 0 Å². The number of ether oxygens (including phenoxy) is 1. The number of rotatable bonds is 3. The molecule has 1 aromatic carbocycles. The lowest BCUT2D eigenvalue weighted by atomic mass is 10.1. The first-order valence-electron chi connectivity index (χ1n) is 7.83. The summed E-state index contributed by atoms with van der Waals surface area (Å²) in [6.07, 6.45) is 5.27. The molecular weight excluding hydrogens is 278 g/mol. The molecule has 0 radical (unpaired) electrons. The van der Waals surface area contributed by atoms with Crippen LogP contribution in [-0.4, -0.2) is 42.1 Å². The van der Waals surface area contributed by atoms with Gasteiger partial charge in [-0.25, -0.2) is 4.98 Å². The number of aromatic nitrogens is 2. The number of hydrogen-bond acceptors (Lipinski definition) is 4. The first-order valence-corrected chi connectivity index (χ1v) is 7.83. The van der Waals surface area contributed by atoms with Gasteiger partial charge in [0.25, 0.3) is 0 Å². The Morgan fingerprint density at radius 2 is 2.05 bits per heavy atom. The quantitative estimate of drug-likeness (QED) is 0.814. The largest absolute Gasteiger partial charge is 0.378 e. The summed E-state index contributed by atoms with van der Waals surface area (Å²) in [4.78, 5) is 18.4. The number of carbonyl (C=O) groups is 1. The Balaban J connectivity index is 1.67. The number of carbonyl (C=O) groups excluding carboxylic acids is 1. The average Bonchev–Trinajstić information content (AvgIpc) is 3.17. The molecule has 3 heterocycles. The second-order valence-corrected chi connectivity index (χ2v) is 5.83. The molecule has 0 N–H and O–H groups in total. The van der Waals surface area contributed by atoms with Gasteiger partial charge in [0.1, 0.15) is 5.82 Å². The van der Waals surface area contributed by atoms with E-state index in [0.29, 0.717) is 13.2 Å². The standard InChI is InChI=1S/C17H19N3O2/c21-12-14-10-13(15-11-20-5-1-2-17(20)18-15)3-4-16(14)19-6-8-22-9-7-19/h3-4,10-12H,1-2,5-9H2. The van der Waals surface area contributed by atoms with Crippen LogP contribution in [0.4, 0.5) is 5.69 Å². The van der Waals surface area contributed by atoms with Gasteiger partial charge in [-0.05, 0) is 18.6 Å². The molecule has 4 rings (SSSR count). The van der Waals surface area contributed by atoms with Crippen LogP contribution in [0.2, 0.25) is 0 Å². The van der Waals surface area contributed by atoms with E-state index < -0.39 is 0 Å². The Hall–Kier alpha value is -2.14. The van der Waals surface area contributed by atoms with Crippen molar-refractivity contribution in [3.8, 4) is 11.3 Å². The van der Waals surface area contributed by atoms with E-state index in [1.54, 1.807) is 0 Å². The van der Waals surface area contributed by atoms with Gasteiger partial charge in [-0.2, -0.15) is 0 Å². The zero-order valence-electron chi connectivity index (χ0n) is 12.5. The zero-order chi connectivity index (χ0) is 14.9. The van der Waals surface area contributed by atoms with Crippen molar-refractivity contribution in [2.24, 2.45) is 0 Å². The molecule has 1 fully saturated rings. The third-order valence-electron chi connectivity index (χ3n) is 4.46. The molecule has 5 heteroatoms. The summed E-state index contributed by atoms with van der Waals surface area (Å²) >= 11 is 0. The van der Waals surface area contributed by atoms with Gasteiger partial charge in [-0.3, -0.25) is 4.79 Å². The summed E-state index contributed by atoms with van der Waals surface area (Å²) in [5.74, 6) is 1.15. The van der Waals surface area contributed by atoms with Crippen molar-refractivity contribution in [2.45, 2.75) is 19.4 Å². The first-order chi connectivity index (χ1) is 10.8. The Bertz CT molecular complexity index is 680. The van der Waals surface area contributed by atoms with Gasteiger partial charge in [0, 0.05) is 49.1 Å². The fraction of sp³-hybridized carbons (Fsp3) is 0.412. The summed E-state index contributed by atoms with van der Waals surface area (Å²) in [6, 6.07) is 6.06. The third-order valence-corrected chi connectivity index (χ3v) is 4.46. The van der Waals surface area contributed by atoms with Crippen molar-refractivity contribution in [2.75, 3.05) is 31.2 Å². The number of fused-ring (bicyclic) bond motifs is 1. The van der Waals surface area contributed by atoms with Gasteiger partial charge in [0.2, 0.25) is 0 Å². The van der Waals surface area contributed by atoms with Crippen LogP contribution in [0.5, 0.6) is 0 Å². The Morgan fingerprint density at radius 3 is 2.82 bits per heavy atom. The highest BCUT2D eigenvalue weighted by atomic mass is 16.5. The second-order valence-electron chi connectivity index (χ2n) is 5.83. The molecule has 0 unspecified atom stereocenters. The monoisotopic (exact) mass is 297 g/mol. The molecule has 5 nitrogen and oxygen atoms in total. The Kier molecular flexibility index (Phi) is 3.42. The Labute approximate surface area is 129 Å². The lowest BCUT2D eigenvalue weighted by Gasteiger charge is -2.29. The van der Waals surface area contributed by atoms with Crippen molar-refractivity contribution in [3.05, 3.63) is 35.8 Å². The number of imidazole rings is 1. The summed E-state index contributed by atoms with van der Waals surface area (Å²) in [5, 5.41) is 0. The molecule has 2 aliphatic heterocycles. The molecule has 1 aromatic heterocycles. The van der Waals surface area contributed by atoms with E-state index in [0.717, 1.165) is 60.7 Å². The fourth-order valence-corrected chi connectivity index (χ4v) is 3.29. The molecular formula is C17H19N3O2. The molecule has 0 aliphatic carbocycles. The lowest BCUT2D eigenvalue weighted by molar-refractivity contribution is 0.111. The maximum absolute atomic E-state index is 11.5. The van der Waals surface area contributed by atoms with Gasteiger partial charge >= 0.3 is 0 Å². The third kappa shape index (κ3) is 2.31. The highest BCUT2D eigenvalue weighted by molar-refractivity contribution is 5.87. The summed E-state index contributed by atoms with van der Waals surface area (Å²) in [5.41, 5.74) is 3.70. The molecule has 22 heavy (non-hydrogen) atoms. The van der Waals surface area contributed by atoms with Crippen LogP contribution in [0.1, 0.15) is 22.6 Å². The summed E-state index contributed by atoms with van der Waals surface area (Å²) in [6.45, 7) is 4.15. The molecule has 0 saturated carbocycles. The molecule has 0 bridgehead atoms. The van der Waals surface area contributed by atoms with Gasteiger partial charge in [0.05, 0.1) is 18.9 Å². The minimum Gasteiger partial charge on any atom is -0.378 e. The van der Waals surface area contributed by atoms with E-state index in [4.69, 9.17) is 9.72 Å². The molecule has 0 atom stereocenters. The van der Waals surface area contributed by atoms with Crippen LogP contribution in [0, 0.1) is 0 Å². The second kappa shape index (κ2) is 5.57. The summed E-state index contributed by atoms with van der Waals surface area (Å²) < 4.78 is 7.59. The number of hydrogen-bond donors (Lipinski definition) is 0. The highest BCUT2D eigenvalue weighted by Gasteiger charge is 2.18. The maximum Gasteiger partial charge on any atom is 0.152 e. The van der Waals surface area contributed by atoms with Crippen LogP contribution < -0.4 is 4.90 Å². The number of benzene rings is 1. The number of nitrogens with zero attached hydrogens (tertiary/aromatic N) is 3. The maximum atomic E-state index is 11.5. The van der Waals surface area contributed by atoms with Gasteiger partial charge in [-0.1, -0.05) is 6.07 Å². The highest BCUT2D eigenvalue weighted by Crippen LogP contribution is 2.28. The van der Waals surface area contributed by atoms with Crippen molar-refractivity contribution >= 4 is 12.0 Å². The van der Waals surface area contributed by atoms with Crippen LogP contribution in [0.3, 0.4) is 0 Å². The van der Waals surface area contributed by atoms with Gasteiger partial charge < -0.3 is 14.2 Å². The van der Waals surface area contributed by atoms with E-state index >= 15 is 0 Å². The van der Waals surface area contributed by atoms with E-state index in [1.807, 2.05) is 12.1 Å². The molecule has 0 amide bonds. The van der Waals surface area contributed by atoms with Crippen molar-refractivity contribution in [1.82, 2.24) is 9.55 Å². The van der Waals surface area contributed by atoms with Crippen LogP contribution in [0.15, 0.2) is 24.4 Å². The molecule has 114 valence electrons. The predicted octanol–water partition coefficient (Wildman–Crippen LogP) is 2.15. The van der Waals surface area contributed by atoms with E-state index in [1.165, 1.54) is 6.42 Å². The van der Waals surface area contributed by atoms with E-state index in [9.17, 15) is 4.79 Å². The first kappa shape index (κ1) is 13.5. The lowest BCUT2D eigenvalue weighted by Crippen LogP contribution is -2.36. The zero-order valence-corrected chi connectivity index (χ0v) is 12.5. The van der Waals surface area contributed by atoms with Gasteiger partial charge in [-0.15, -0.1) is 0 Å². The minimum absolute atomic E-state index is 0.716. The smallest absolute Gasteiger partial charge is 0.152 e. The number of anilines is 1. The predicted molar refractivity (Wildman–Crippen MR) is 84.4 cm³/mol. The minimum atomic E-state index is 0.716. The van der Waals surface area contributed by atoms with Crippen LogP contribution >= 0.6 is 0 Å². The SMILES string of the molecule is O=Cc1cc(-c2cn3c(n2)CCC3)ccc1N1CCOCC1. The normalized spacial score (nSPS) is 17.5. The number of aryl methyl sites for hydroxylation is 2. The van der Waals surface area contributed by atoms with Crippen LogP contribution in [0.25, 0.3) is 11.3 Å². The van der Waals surface area contributed by atoms with Crippen molar-refractivity contribution < 1.29 is 9.53 Å². The van der Waals surface area contributed by atoms with Gasteiger partial charge in [0.15, 0.2) is 6.29 Å². The topological polar surface area (TPSA) is 47.4 Å². The summed E-state index contributed by atoms with van der Waals surface area (Å²) in [7, 11) is 0. The number of aldehydes is 1. The molecule has 2 aliphatic rings. The van der Waals surface area contributed by atoms with Crippen LogP contribution in [-0.2, 0) is 17.7 Å².